The molecule has 0 bridgehead atoms. The third-order valence-electron chi connectivity index (χ3n) is 3.40. The first kappa shape index (κ1) is 15.7. The summed E-state index contributed by atoms with van der Waals surface area (Å²) in [7, 11) is -3.22. The predicted molar refractivity (Wildman–Crippen MR) is 82.6 cm³/mol. The Morgan fingerprint density at radius 2 is 1.62 bits per heavy atom. The van der Waals surface area contributed by atoms with Gasteiger partial charge >= 0.3 is 0 Å². The second-order valence-corrected chi connectivity index (χ2v) is 7.14. The molecule has 0 saturated heterocycles. The first-order chi connectivity index (χ1) is 9.88. The van der Waals surface area contributed by atoms with Crippen molar-refractivity contribution in [3.8, 4) is 0 Å². The summed E-state index contributed by atoms with van der Waals surface area (Å²) in [5, 5.41) is 10.2. The van der Waals surface area contributed by atoms with Crippen LogP contribution in [-0.4, -0.2) is 25.9 Å². The summed E-state index contributed by atoms with van der Waals surface area (Å²) in [5.74, 6) is 0. The molecular formula is C16H19NO3S. The number of rotatable bonds is 5. The number of aliphatic hydroxyl groups is 1. The van der Waals surface area contributed by atoms with Gasteiger partial charge in [-0.2, -0.15) is 0 Å². The van der Waals surface area contributed by atoms with Crippen LogP contribution in [0.15, 0.2) is 59.5 Å². The number of benzene rings is 2. The van der Waals surface area contributed by atoms with Crippen molar-refractivity contribution in [1.29, 1.82) is 0 Å². The molecule has 0 saturated carbocycles. The predicted octanol–water partition coefficient (Wildman–Crippen LogP) is 1.69. The normalized spacial score (nSPS) is 14.6. The Kier molecular flexibility index (Phi) is 4.77. The van der Waals surface area contributed by atoms with Gasteiger partial charge in [0.25, 0.3) is 0 Å². The molecule has 0 aliphatic rings. The maximum absolute atomic E-state index is 11.4. The molecule has 0 aliphatic heterocycles. The largest absolute Gasteiger partial charge is 0.391 e. The molecule has 3 N–H and O–H groups in total. The zero-order valence-corrected chi connectivity index (χ0v) is 12.6. The maximum atomic E-state index is 11.4. The Labute approximate surface area is 125 Å². The molecule has 112 valence electrons. The van der Waals surface area contributed by atoms with Gasteiger partial charge in [-0.25, -0.2) is 8.42 Å². The van der Waals surface area contributed by atoms with E-state index >= 15 is 0 Å². The molecule has 0 amide bonds. The summed E-state index contributed by atoms with van der Waals surface area (Å²) in [6.07, 6.45) is 0.888. The van der Waals surface area contributed by atoms with Crippen LogP contribution in [0.3, 0.4) is 0 Å². The van der Waals surface area contributed by atoms with Crippen LogP contribution in [0.4, 0.5) is 0 Å². The van der Waals surface area contributed by atoms with Crippen molar-refractivity contribution < 1.29 is 13.5 Å². The summed E-state index contributed by atoms with van der Waals surface area (Å²) in [6, 6.07) is 15.4. The lowest BCUT2D eigenvalue weighted by molar-refractivity contribution is 0.145. The third kappa shape index (κ3) is 4.14. The second kappa shape index (κ2) is 6.39. The van der Waals surface area contributed by atoms with Crippen molar-refractivity contribution in [3.63, 3.8) is 0 Å². The maximum Gasteiger partial charge on any atom is 0.175 e. The highest BCUT2D eigenvalue weighted by atomic mass is 32.2. The van der Waals surface area contributed by atoms with Gasteiger partial charge < -0.3 is 10.8 Å². The summed E-state index contributed by atoms with van der Waals surface area (Å²) < 4.78 is 22.8. The van der Waals surface area contributed by atoms with E-state index in [0.717, 1.165) is 11.8 Å². The van der Waals surface area contributed by atoms with E-state index in [2.05, 4.69) is 0 Å². The molecule has 0 aliphatic carbocycles. The van der Waals surface area contributed by atoms with Gasteiger partial charge in [0.05, 0.1) is 17.0 Å². The monoisotopic (exact) mass is 305 g/mol. The van der Waals surface area contributed by atoms with E-state index in [0.29, 0.717) is 12.0 Å². The molecule has 5 heteroatoms. The molecule has 21 heavy (non-hydrogen) atoms. The molecule has 4 nitrogen and oxygen atoms in total. The number of aliphatic hydroxyl groups excluding tert-OH is 1. The Morgan fingerprint density at radius 1 is 1.05 bits per heavy atom. The molecule has 0 fully saturated rings. The van der Waals surface area contributed by atoms with Crippen molar-refractivity contribution >= 4 is 9.84 Å². The van der Waals surface area contributed by atoms with Gasteiger partial charge in [0.2, 0.25) is 0 Å². The van der Waals surface area contributed by atoms with E-state index in [4.69, 9.17) is 5.73 Å². The van der Waals surface area contributed by atoms with Gasteiger partial charge in [-0.05, 0) is 23.3 Å². The minimum atomic E-state index is -3.22. The first-order valence-corrected chi connectivity index (χ1v) is 8.54. The standard InChI is InChI=1S/C16H19NO3S/c1-21(19,20)14-9-7-13(8-10-14)16(17)15(18)11-12-5-3-2-4-6-12/h2-10,15-16,18H,11,17H2,1H3/t15-,16+/m0/s1. The highest BCUT2D eigenvalue weighted by Crippen LogP contribution is 2.19. The lowest BCUT2D eigenvalue weighted by Gasteiger charge is -2.19. The molecule has 2 aromatic carbocycles. The van der Waals surface area contributed by atoms with Gasteiger partial charge in [0, 0.05) is 12.7 Å². The highest BCUT2D eigenvalue weighted by Gasteiger charge is 2.18. The Morgan fingerprint density at radius 3 is 2.14 bits per heavy atom. The second-order valence-electron chi connectivity index (χ2n) is 5.12. The molecule has 2 atom stereocenters. The van der Waals surface area contributed by atoms with Gasteiger partial charge in [0.1, 0.15) is 0 Å². The van der Waals surface area contributed by atoms with Crippen LogP contribution in [0.2, 0.25) is 0 Å². The van der Waals surface area contributed by atoms with Crippen molar-refractivity contribution in [1.82, 2.24) is 0 Å². The number of nitrogens with two attached hydrogens (primary N) is 1. The average molecular weight is 305 g/mol. The molecule has 0 radical (unpaired) electrons. The smallest absolute Gasteiger partial charge is 0.175 e. The third-order valence-corrected chi connectivity index (χ3v) is 4.52. The lowest BCUT2D eigenvalue weighted by Crippen LogP contribution is -2.28. The first-order valence-electron chi connectivity index (χ1n) is 6.65. The molecule has 2 rings (SSSR count). The average Bonchev–Trinajstić information content (AvgIpc) is 2.46. The molecule has 0 heterocycles. The van der Waals surface area contributed by atoms with Crippen LogP contribution in [0, 0.1) is 0 Å². The fraction of sp³-hybridized carbons (Fsp3) is 0.250. The van der Waals surface area contributed by atoms with Gasteiger partial charge in [0.15, 0.2) is 9.84 Å². The highest BCUT2D eigenvalue weighted by molar-refractivity contribution is 7.90. The topological polar surface area (TPSA) is 80.4 Å². The van der Waals surface area contributed by atoms with Gasteiger partial charge in [-0.1, -0.05) is 42.5 Å². The Hall–Kier alpha value is -1.69. The van der Waals surface area contributed by atoms with Crippen LogP contribution in [0.25, 0.3) is 0 Å². The zero-order chi connectivity index (χ0) is 15.5. The van der Waals surface area contributed by atoms with Gasteiger partial charge in [-0.15, -0.1) is 0 Å². The molecule has 0 spiro atoms. The van der Waals surface area contributed by atoms with Gasteiger partial charge in [-0.3, -0.25) is 0 Å². The summed E-state index contributed by atoms with van der Waals surface area (Å²) in [6.45, 7) is 0. The summed E-state index contributed by atoms with van der Waals surface area (Å²) in [4.78, 5) is 0.246. The summed E-state index contributed by atoms with van der Waals surface area (Å²) >= 11 is 0. The molecule has 0 unspecified atom stereocenters. The Bertz CT molecular complexity index is 681. The number of sulfone groups is 1. The SMILES string of the molecule is CS(=O)(=O)c1ccc([C@@H](N)[C@@H](O)Cc2ccccc2)cc1. The van der Waals surface area contributed by atoms with Crippen LogP contribution < -0.4 is 5.73 Å². The molecule has 0 aromatic heterocycles. The van der Waals surface area contributed by atoms with Crippen molar-refractivity contribution in [3.05, 3.63) is 65.7 Å². The van der Waals surface area contributed by atoms with Crippen LogP contribution in [0.5, 0.6) is 0 Å². The zero-order valence-electron chi connectivity index (χ0n) is 11.8. The van der Waals surface area contributed by atoms with E-state index in [1.54, 1.807) is 12.1 Å². The number of hydrogen-bond donors (Lipinski definition) is 2. The van der Waals surface area contributed by atoms with Crippen molar-refractivity contribution in [2.45, 2.75) is 23.5 Å². The van der Waals surface area contributed by atoms with E-state index in [-0.39, 0.29) is 4.90 Å². The van der Waals surface area contributed by atoms with Crippen molar-refractivity contribution in [2.24, 2.45) is 5.73 Å². The van der Waals surface area contributed by atoms with E-state index < -0.39 is 22.0 Å². The fourth-order valence-electron chi connectivity index (χ4n) is 2.14. The molecule has 2 aromatic rings. The van der Waals surface area contributed by atoms with Crippen LogP contribution >= 0.6 is 0 Å². The van der Waals surface area contributed by atoms with E-state index in [1.165, 1.54) is 12.1 Å². The minimum absolute atomic E-state index is 0.246. The van der Waals surface area contributed by atoms with E-state index in [1.807, 2.05) is 30.3 Å². The lowest BCUT2D eigenvalue weighted by atomic mass is 9.97. The van der Waals surface area contributed by atoms with Crippen molar-refractivity contribution in [2.75, 3.05) is 6.26 Å². The summed E-state index contributed by atoms with van der Waals surface area (Å²) in [5.41, 5.74) is 7.77. The van der Waals surface area contributed by atoms with E-state index in [9.17, 15) is 13.5 Å². The number of hydrogen-bond acceptors (Lipinski definition) is 4. The van der Waals surface area contributed by atoms with Crippen LogP contribution in [-0.2, 0) is 16.3 Å². The minimum Gasteiger partial charge on any atom is -0.391 e. The molecular weight excluding hydrogens is 286 g/mol. The Balaban J connectivity index is 2.10. The quantitative estimate of drug-likeness (QED) is 0.881. The van der Waals surface area contributed by atoms with Crippen LogP contribution in [0.1, 0.15) is 17.2 Å². The fourth-order valence-corrected chi connectivity index (χ4v) is 2.77.